The lowest BCUT2D eigenvalue weighted by Crippen LogP contribution is -2.09. The van der Waals surface area contributed by atoms with E-state index in [9.17, 15) is 0 Å². The van der Waals surface area contributed by atoms with Gasteiger partial charge in [-0.25, -0.2) is 9.97 Å². The molecule has 0 atom stereocenters. The second-order valence-corrected chi connectivity index (χ2v) is 3.82. The highest BCUT2D eigenvalue weighted by atomic mass is 35.5. The first-order chi connectivity index (χ1) is 7.06. The second kappa shape index (κ2) is 4.98. The summed E-state index contributed by atoms with van der Waals surface area (Å²) in [6.07, 6.45) is 1.73. The topological polar surface area (TPSA) is 63.8 Å². The zero-order valence-corrected chi connectivity index (χ0v) is 9.67. The van der Waals surface area contributed by atoms with Crippen LogP contribution in [0.25, 0.3) is 0 Å². The smallest absolute Gasteiger partial charge is 0.157 e. The Morgan fingerprint density at radius 2 is 2.20 bits per heavy atom. The molecule has 0 aromatic carbocycles. The maximum atomic E-state index is 5.90. The average molecular weight is 227 g/mol. The van der Waals surface area contributed by atoms with Crippen molar-refractivity contribution in [3.05, 3.63) is 23.6 Å². The van der Waals surface area contributed by atoms with Gasteiger partial charge in [0, 0.05) is 12.5 Å². The lowest BCUT2D eigenvalue weighted by Gasteiger charge is -2.11. The molecule has 0 amide bonds. The summed E-state index contributed by atoms with van der Waals surface area (Å²) >= 11 is 5.90. The Labute approximate surface area is 94.6 Å². The molecule has 0 unspecified atom stereocenters. The second-order valence-electron chi connectivity index (χ2n) is 3.46. The van der Waals surface area contributed by atoms with Crippen LogP contribution in [0.5, 0.6) is 0 Å². The van der Waals surface area contributed by atoms with Gasteiger partial charge in [-0.15, -0.1) is 6.58 Å². The fourth-order valence-electron chi connectivity index (χ4n) is 1.02. The summed E-state index contributed by atoms with van der Waals surface area (Å²) in [4.78, 5) is 8.40. The van der Waals surface area contributed by atoms with Crippen molar-refractivity contribution in [3.63, 3.8) is 0 Å². The first-order valence-electron chi connectivity index (χ1n) is 4.74. The van der Waals surface area contributed by atoms with Crippen LogP contribution in [0, 0.1) is 0 Å². The summed E-state index contributed by atoms with van der Waals surface area (Å²) in [7, 11) is 0. The fraction of sp³-hybridized carbons (Fsp3) is 0.400. The third kappa shape index (κ3) is 2.83. The number of anilines is 2. The number of nitrogen functional groups attached to an aromatic ring is 1. The molecule has 4 nitrogen and oxygen atoms in total. The number of hydrogen-bond acceptors (Lipinski definition) is 4. The van der Waals surface area contributed by atoms with E-state index in [1.165, 1.54) is 0 Å². The monoisotopic (exact) mass is 226 g/mol. The van der Waals surface area contributed by atoms with Crippen molar-refractivity contribution in [2.45, 2.75) is 19.8 Å². The van der Waals surface area contributed by atoms with Crippen molar-refractivity contribution in [1.29, 1.82) is 0 Å². The zero-order valence-electron chi connectivity index (χ0n) is 8.92. The van der Waals surface area contributed by atoms with Gasteiger partial charge in [-0.1, -0.05) is 31.5 Å². The van der Waals surface area contributed by atoms with Crippen LogP contribution < -0.4 is 11.1 Å². The number of hydrogen-bond donors (Lipinski definition) is 2. The summed E-state index contributed by atoms with van der Waals surface area (Å²) in [6.45, 7) is 8.20. The molecule has 0 spiro atoms. The molecule has 5 heteroatoms. The Hall–Kier alpha value is -1.29. The van der Waals surface area contributed by atoms with Gasteiger partial charge in [0.15, 0.2) is 11.0 Å². The molecular formula is C10H15ClN4. The summed E-state index contributed by atoms with van der Waals surface area (Å²) in [6, 6.07) is 0. The quantitative estimate of drug-likeness (QED) is 0.612. The largest absolute Gasteiger partial charge is 0.393 e. The molecule has 82 valence electrons. The van der Waals surface area contributed by atoms with Gasteiger partial charge in [0.1, 0.15) is 11.5 Å². The van der Waals surface area contributed by atoms with Crippen molar-refractivity contribution in [3.8, 4) is 0 Å². The highest BCUT2D eigenvalue weighted by Gasteiger charge is 2.11. The lowest BCUT2D eigenvalue weighted by molar-refractivity contribution is 0.776. The van der Waals surface area contributed by atoms with E-state index >= 15 is 0 Å². The SMILES string of the molecule is C=CCNc1nc(C(C)C)nc(Cl)c1N. The van der Waals surface area contributed by atoms with E-state index < -0.39 is 0 Å². The van der Waals surface area contributed by atoms with E-state index in [0.717, 1.165) is 0 Å². The van der Waals surface area contributed by atoms with Crippen LogP contribution in [0.2, 0.25) is 5.15 Å². The van der Waals surface area contributed by atoms with E-state index in [4.69, 9.17) is 17.3 Å². The van der Waals surface area contributed by atoms with Gasteiger partial charge >= 0.3 is 0 Å². The summed E-state index contributed by atoms with van der Waals surface area (Å²) < 4.78 is 0. The van der Waals surface area contributed by atoms with E-state index in [1.807, 2.05) is 13.8 Å². The summed E-state index contributed by atoms with van der Waals surface area (Å²) in [5.74, 6) is 1.46. The summed E-state index contributed by atoms with van der Waals surface area (Å²) in [5, 5.41) is 3.31. The number of aromatic nitrogens is 2. The Balaban J connectivity index is 3.07. The van der Waals surface area contributed by atoms with E-state index in [1.54, 1.807) is 6.08 Å². The summed E-state index contributed by atoms with van der Waals surface area (Å²) in [5.41, 5.74) is 6.12. The van der Waals surface area contributed by atoms with Gasteiger partial charge in [-0.3, -0.25) is 0 Å². The van der Waals surface area contributed by atoms with Crippen LogP contribution >= 0.6 is 11.6 Å². The number of rotatable bonds is 4. The van der Waals surface area contributed by atoms with Gasteiger partial charge in [-0.2, -0.15) is 0 Å². The van der Waals surface area contributed by atoms with Gasteiger partial charge < -0.3 is 11.1 Å². The third-order valence-electron chi connectivity index (χ3n) is 1.85. The maximum Gasteiger partial charge on any atom is 0.157 e. The first kappa shape index (κ1) is 11.8. The number of nitrogens with two attached hydrogens (primary N) is 1. The molecule has 0 aliphatic rings. The van der Waals surface area contributed by atoms with Crippen molar-refractivity contribution in [2.75, 3.05) is 17.6 Å². The Morgan fingerprint density at radius 1 is 1.53 bits per heavy atom. The van der Waals surface area contributed by atoms with Gasteiger partial charge in [0.05, 0.1) is 0 Å². The van der Waals surface area contributed by atoms with Crippen molar-refractivity contribution in [2.24, 2.45) is 0 Å². The molecule has 15 heavy (non-hydrogen) atoms. The van der Waals surface area contributed by atoms with E-state index in [2.05, 4.69) is 21.9 Å². The molecule has 0 aliphatic carbocycles. The molecule has 0 saturated heterocycles. The Kier molecular flexibility index (Phi) is 3.91. The van der Waals surface area contributed by atoms with Gasteiger partial charge in [0.25, 0.3) is 0 Å². The van der Waals surface area contributed by atoms with Gasteiger partial charge in [0.2, 0.25) is 0 Å². The molecule has 1 heterocycles. The average Bonchev–Trinajstić information content (AvgIpc) is 2.19. The predicted molar refractivity (Wildman–Crippen MR) is 64.2 cm³/mol. The highest BCUT2D eigenvalue weighted by molar-refractivity contribution is 6.32. The molecule has 0 bridgehead atoms. The molecular weight excluding hydrogens is 212 g/mol. The van der Waals surface area contributed by atoms with Crippen molar-refractivity contribution < 1.29 is 0 Å². The molecule has 1 aromatic rings. The van der Waals surface area contributed by atoms with Crippen LogP contribution in [0.15, 0.2) is 12.7 Å². The predicted octanol–water partition coefficient (Wildman–Crippen LogP) is 2.43. The molecule has 3 N–H and O–H groups in total. The van der Waals surface area contributed by atoms with Crippen LogP contribution in [-0.4, -0.2) is 16.5 Å². The molecule has 0 fully saturated rings. The first-order valence-corrected chi connectivity index (χ1v) is 5.11. The minimum Gasteiger partial charge on any atom is -0.393 e. The highest BCUT2D eigenvalue weighted by Crippen LogP contribution is 2.25. The normalized spacial score (nSPS) is 10.4. The molecule has 0 saturated carbocycles. The number of nitrogens with one attached hydrogen (secondary N) is 1. The number of nitrogens with zero attached hydrogens (tertiary/aromatic N) is 2. The fourth-order valence-corrected chi connectivity index (χ4v) is 1.20. The molecule has 0 radical (unpaired) electrons. The standard InChI is InChI=1S/C10H15ClN4/c1-4-5-13-10-7(12)8(11)14-9(15-10)6(2)3/h4,6H,1,5,12H2,2-3H3,(H,13,14,15). The van der Waals surface area contributed by atoms with Crippen LogP contribution in [0.4, 0.5) is 11.5 Å². The van der Waals surface area contributed by atoms with Crippen molar-refractivity contribution >= 4 is 23.1 Å². The lowest BCUT2D eigenvalue weighted by atomic mass is 10.2. The van der Waals surface area contributed by atoms with Gasteiger partial charge in [-0.05, 0) is 0 Å². The Morgan fingerprint density at radius 3 is 2.73 bits per heavy atom. The number of halogens is 1. The zero-order chi connectivity index (χ0) is 11.4. The van der Waals surface area contributed by atoms with E-state index in [-0.39, 0.29) is 5.92 Å². The van der Waals surface area contributed by atoms with Crippen LogP contribution in [0.1, 0.15) is 25.6 Å². The van der Waals surface area contributed by atoms with Crippen molar-refractivity contribution in [1.82, 2.24) is 9.97 Å². The molecule has 1 aromatic heterocycles. The van der Waals surface area contributed by atoms with Crippen LogP contribution in [0.3, 0.4) is 0 Å². The van der Waals surface area contributed by atoms with E-state index in [0.29, 0.717) is 29.0 Å². The minimum atomic E-state index is 0.215. The third-order valence-corrected chi connectivity index (χ3v) is 2.13. The van der Waals surface area contributed by atoms with Crippen LogP contribution in [-0.2, 0) is 0 Å². The minimum absolute atomic E-state index is 0.215. The maximum absolute atomic E-state index is 5.90. The molecule has 0 aliphatic heterocycles. The molecule has 1 rings (SSSR count). The Bertz CT molecular complexity index is 363.